The summed E-state index contributed by atoms with van der Waals surface area (Å²) in [5.74, 6) is -0.522. The summed E-state index contributed by atoms with van der Waals surface area (Å²) in [5, 5.41) is 5.78. The number of aryl methyl sites for hydroxylation is 2. The van der Waals surface area contributed by atoms with E-state index in [0.29, 0.717) is 17.7 Å². The zero-order chi connectivity index (χ0) is 21.1. The van der Waals surface area contributed by atoms with Crippen molar-refractivity contribution >= 4 is 23.0 Å². The lowest BCUT2D eigenvalue weighted by Gasteiger charge is -2.06. The van der Waals surface area contributed by atoms with E-state index in [-0.39, 0.29) is 23.3 Å². The summed E-state index contributed by atoms with van der Waals surface area (Å²) in [6.45, 7) is 4.31. The van der Waals surface area contributed by atoms with Gasteiger partial charge in [0.1, 0.15) is 0 Å². The molecule has 4 aromatic rings. The molecule has 0 unspecified atom stereocenters. The first-order chi connectivity index (χ1) is 14.5. The first-order valence-corrected chi connectivity index (χ1v) is 9.71. The average molecular weight is 398 g/mol. The van der Waals surface area contributed by atoms with E-state index in [4.69, 9.17) is 0 Å². The molecule has 6 heteroatoms. The van der Waals surface area contributed by atoms with Crippen LogP contribution >= 0.6 is 0 Å². The van der Waals surface area contributed by atoms with Crippen molar-refractivity contribution in [2.24, 2.45) is 0 Å². The minimum absolute atomic E-state index is 0.174. The molecule has 0 radical (unpaired) electrons. The number of nitrogens with zero attached hydrogens (tertiary/aromatic N) is 2. The highest BCUT2D eigenvalue weighted by atomic mass is 16.2. The molecule has 0 saturated heterocycles. The lowest BCUT2D eigenvalue weighted by atomic mass is 10.1. The monoisotopic (exact) mass is 398 g/mol. The average Bonchev–Trinajstić information content (AvgIpc) is 3.14. The molecule has 4 rings (SSSR count). The highest BCUT2D eigenvalue weighted by molar-refractivity contribution is 6.09. The number of carbonyl (C=O) groups is 2. The smallest absolute Gasteiger partial charge is 0.287 e. The van der Waals surface area contributed by atoms with Crippen molar-refractivity contribution in [1.82, 2.24) is 14.7 Å². The van der Waals surface area contributed by atoms with Gasteiger partial charge in [-0.2, -0.15) is 0 Å². The van der Waals surface area contributed by atoms with Crippen LogP contribution in [0.5, 0.6) is 0 Å². The minimum Gasteiger partial charge on any atom is -0.345 e. The molecular weight excluding hydrogens is 376 g/mol. The molecule has 2 heterocycles. The maximum atomic E-state index is 12.9. The topological polar surface area (TPSA) is 75.5 Å². The Morgan fingerprint density at radius 1 is 0.933 bits per heavy atom. The molecule has 2 aromatic carbocycles. The summed E-state index contributed by atoms with van der Waals surface area (Å²) < 4.78 is 1.64. The van der Waals surface area contributed by atoms with Gasteiger partial charge in [0.2, 0.25) is 5.82 Å². The number of pyridine rings is 1. The van der Waals surface area contributed by atoms with Crippen LogP contribution in [0.2, 0.25) is 0 Å². The third kappa shape index (κ3) is 3.93. The number of aromatic nitrogens is 2. The predicted octanol–water partition coefficient (Wildman–Crippen LogP) is 4.13. The lowest BCUT2D eigenvalue weighted by molar-refractivity contribution is 0.0940. The van der Waals surface area contributed by atoms with Crippen molar-refractivity contribution in [2.45, 2.75) is 20.4 Å². The van der Waals surface area contributed by atoms with Crippen LogP contribution in [0.4, 0.5) is 5.69 Å². The highest BCUT2D eigenvalue weighted by Gasteiger charge is 2.21. The molecule has 30 heavy (non-hydrogen) atoms. The summed E-state index contributed by atoms with van der Waals surface area (Å²) in [6, 6.07) is 20.9. The third-order valence-corrected chi connectivity index (χ3v) is 4.90. The van der Waals surface area contributed by atoms with E-state index in [1.165, 1.54) is 0 Å². The van der Waals surface area contributed by atoms with Crippen LogP contribution < -0.4 is 10.6 Å². The van der Waals surface area contributed by atoms with Gasteiger partial charge in [0, 0.05) is 18.4 Å². The van der Waals surface area contributed by atoms with E-state index in [1.807, 2.05) is 68.4 Å². The van der Waals surface area contributed by atoms with E-state index in [9.17, 15) is 9.59 Å². The molecule has 150 valence electrons. The number of rotatable bonds is 5. The molecule has 0 aliphatic heterocycles. The fourth-order valence-electron chi connectivity index (χ4n) is 3.34. The number of anilines is 1. The van der Waals surface area contributed by atoms with Crippen LogP contribution in [0, 0.1) is 13.8 Å². The Morgan fingerprint density at radius 3 is 2.53 bits per heavy atom. The van der Waals surface area contributed by atoms with Crippen LogP contribution in [-0.4, -0.2) is 21.2 Å². The van der Waals surface area contributed by atoms with E-state index >= 15 is 0 Å². The predicted molar refractivity (Wildman–Crippen MR) is 117 cm³/mol. The Balaban J connectivity index is 1.61. The summed E-state index contributed by atoms with van der Waals surface area (Å²) in [6.07, 6.45) is 1.73. The van der Waals surface area contributed by atoms with Crippen LogP contribution in [0.15, 0.2) is 72.9 Å². The molecule has 0 atom stereocenters. The Kier molecular flexibility index (Phi) is 5.30. The molecule has 6 nitrogen and oxygen atoms in total. The Hall–Kier alpha value is -3.93. The van der Waals surface area contributed by atoms with Gasteiger partial charge in [-0.25, -0.2) is 4.98 Å². The first-order valence-electron chi connectivity index (χ1n) is 9.71. The van der Waals surface area contributed by atoms with Crippen molar-refractivity contribution in [3.8, 4) is 0 Å². The van der Waals surface area contributed by atoms with Crippen molar-refractivity contribution in [3.05, 3.63) is 101 Å². The van der Waals surface area contributed by atoms with Crippen LogP contribution in [0.25, 0.3) is 5.52 Å². The maximum Gasteiger partial charge on any atom is 0.287 e. The largest absolute Gasteiger partial charge is 0.345 e. The number of hydrogen-bond acceptors (Lipinski definition) is 3. The molecule has 2 aromatic heterocycles. The normalized spacial score (nSPS) is 10.7. The van der Waals surface area contributed by atoms with Crippen molar-refractivity contribution in [3.63, 3.8) is 0 Å². The molecule has 2 amide bonds. The quantitative estimate of drug-likeness (QED) is 0.531. The highest BCUT2D eigenvalue weighted by Crippen LogP contribution is 2.18. The summed E-state index contributed by atoms with van der Waals surface area (Å²) >= 11 is 0. The Labute approximate surface area is 174 Å². The maximum absolute atomic E-state index is 12.9. The van der Waals surface area contributed by atoms with Gasteiger partial charge >= 0.3 is 0 Å². The van der Waals surface area contributed by atoms with Crippen LogP contribution in [0.1, 0.15) is 37.8 Å². The van der Waals surface area contributed by atoms with Crippen molar-refractivity contribution in [1.29, 1.82) is 0 Å². The number of imidazole rings is 1. The van der Waals surface area contributed by atoms with Crippen molar-refractivity contribution in [2.75, 3.05) is 5.32 Å². The number of hydrogen-bond donors (Lipinski definition) is 2. The van der Waals surface area contributed by atoms with E-state index < -0.39 is 0 Å². The second-order valence-electron chi connectivity index (χ2n) is 7.18. The second kappa shape index (κ2) is 8.21. The Bertz CT molecular complexity index is 1240. The molecule has 0 spiro atoms. The van der Waals surface area contributed by atoms with E-state index in [0.717, 1.165) is 16.7 Å². The van der Waals surface area contributed by atoms with E-state index in [2.05, 4.69) is 15.6 Å². The fraction of sp³-hybridized carbons (Fsp3) is 0.125. The summed E-state index contributed by atoms with van der Waals surface area (Å²) in [4.78, 5) is 30.1. The van der Waals surface area contributed by atoms with Gasteiger partial charge in [-0.3, -0.25) is 14.0 Å². The number of carbonyl (C=O) groups excluding carboxylic acids is 2. The molecule has 0 aliphatic carbocycles. The molecule has 0 aliphatic rings. The number of nitrogens with one attached hydrogen (secondary N) is 2. The minimum atomic E-state index is -0.356. The molecule has 0 bridgehead atoms. The van der Waals surface area contributed by atoms with Gasteiger partial charge in [0.05, 0.1) is 5.52 Å². The van der Waals surface area contributed by atoms with Gasteiger partial charge in [0.15, 0.2) is 5.69 Å². The summed E-state index contributed by atoms with van der Waals surface area (Å²) in [5.41, 5.74) is 4.57. The number of fused-ring (bicyclic) bond motifs is 1. The Morgan fingerprint density at radius 2 is 1.73 bits per heavy atom. The standard InChI is InChI=1S/C24H22N4O2/c1-16-8-7-10-18(14-16)15-25-24(30)22-27-21(20-12-5-6-13-28(20)22)23(29)26-19-11-4-3-9-17(19)2/h3-14H,15H2,1-2H3,(H,25,30)(H,26,29). The summed E-state index contributed by atoms with van der Waals surface area (Å²) in [7, 11) is 0. The zero-order valence-corrected chi connectivity index (χ0v) is 16.8. The van der Waals surface area contributed by atoms with E-state index in [1.54, 1.807) is 22.7 Å². The van der Waals surface area contributed by atoms with Gasteiger partial charge in [-0.05, 0) is 43.2 Å². The van der Waals surface area contributed by atoms with Gasteiger partial charge in [-0.15, -0.1) is 0 Å². The number of benzene rings is 2. The number of para-hydroxylation sites is 1. The SMILES string of the molecule is Cc1cccc(CNC(=O)c2nc(C(=O)Nc3ccccc3C)c3ccccn23)c1. The van der Waals surface area contributed by atoms with Crippen LogP contribution in [-0.2, 0) is 6.54 Å². The van der Waals surface area contributed by atoms with Crippen molar-refractivity contribution < 1.29 is 9.59 Å². The molecule has 2 N–H and O–H groups in total. The second-order valence-corrected chi connectivity index (χ2v) is 7.18. The number of amides is 2. The van der Waals surface area contributed by atoms with Gasteiger partial charge in [-0.1, -0.05) is 54.1 Å². The fourth-order valence-corrected chi connectivity index (χ4v) is 3.34. The first kappa shape index (κ1) is 19.4. The van der Waals surface area contributed by atoms with Gasteiger partial charge in [0.25, 0.3) is 11.8 Å². The molecular formula is C24H22N4O2. The third-order valence-electron chi connectivity index (χ3n) is 4.90. The lowest BCUT2D eigenvalue weighted by Crippen LogP contribution is -2.25. The van der Waals surface area contributed by atoms with Gasteiger partial charge < -0.3 is 10.6 Å². The van der Waals surface area contributed by atoms with Crippen LogP contribution in [0.3, 0.4) is 0 Å². The zero-order valence-electron chi connectivity index (χ0n) is 16.8. The molecule has 0 fully saturated rings. The molecule has 0 saturated carbocycles.